The first-order valence-electron chi connectivity index (χ1n) is 3.89. The SMILES string of the molecule is C=C(C)C(=O)NC(O)C(C)(C)C. The van der Waals surface area contributed by atoms with Gasteiger partial charge in [-0.3, -0.25) is 4.79 Å². The van der Waals surface area contributed by atoms with Gasteiger partial charge in [0.15, 0.2) is 0 Å². The van der Waals surface area contributed by atoms with Crippen molar-refractivity contribution < 1.29 is 9.90 Å². The summed E-state index contributed by atoms with van der Waals surface area (Å²) < 4.78 is 0. The van der Waals surface area contributed by atoms with Crippen LogP contribution in [0.1, 0.15) is 27.7 Å². The molecule has 0 aromatic rings. The van der Waals surface area contributed by atoms with Gasteiger partial charge < -0.3 is 10.4 Å². The normalized spacial score (nSPS) is 13.8. The molecule has 0 aromatic heterocycles. The average Bonchev–Trinajstić information content (AvgIpc) is 1.85. The molecular weight excluding hydrogens is 154 g/mol. The highest BCUT2D eigenvalue weighted by Crippen LogP contribution is 2.16. The van der Waals surface area contributed by atoms with E-state index in [1.54, 1.807) is 6.92 Å². The summed E-state index contributed by atoms with van der Waals surface area (Å²) in [5.74, 6) is -0.308. The Morgan fingerprint density at radius 2 is 1.92 bits per heavy atom. The van der Waals surface area contributed by atoms with Crippen molar-refractivity contribution in [1.82, 2.24) is 5.32 Å². The highest BCUT2D eigenvalue weighted by atomic mass is 16.3. The number of amides is 1. The molecule has 0 radical (unpaired) electrons. The first-order valence-corrected chi connectivity index (χ1v) is 3.89. The second-order valence-corrected chi connectivity index (χ2v) is 4.02. The van der Waals surface area contributed by atoms with Gasteiger partial charge in [-0.25, -0.2) is 0 Å². The van der Waals surface area contributed by atoms with Crippen LogP contribution in [-0.4, -0.2) is 17.2 Å². The Morgan fingerprint density at radius 1 is 1.50 bits per heavy atom. The fraction of sp³-hybridized carbons (Fsp3) is 0.667. The molecule has 0 rings (SSSR count). The number of carbonyl (C=O) groups is 1. The van der Waals surface area contributed by atoms with Crippen LogP contribution in [0, 0.1) is 5.41 Å². The predicted molar refractivity (Wildman–Crippen MR) is 48.4 cm³/mol. The molecule has 0 spiro atoms. The van der Waals surface area contributed by atoms with Crippen molar-refractivity contribution in [3.05, 3.63) is 12.2 Å². The van der Waals surface area contributed by atoms with E-state index < -0.39 is 6.23 Å². The molecule has 3 nitrogen and oxygen atoms in total. The summed E-state index contributed by atoms with van der Waals surface area (Å²) in [6, 6.07) is 0. The Balaban J connectivity index is 4.11. The van der Waals surface area contributed by atoms with Gasteiger partial charge in [-0.15, -0.1) is 0 Å². The number of hydrogen-bond acceptors (Lipinski definition) is 2. The van der Waals surface area contributed by atoms with Crippen molar-refractivity contribution in [1.29, 1.82) is 0 Å². The molecule has 0 saturated heterocycles. The molecule has 1 unspecified atom stereocenters. The lowest BCUT2D eigenvalue weighted by molar-refractivity contribution is -0.122. The molecule has 2 N–H and O–H groups in total. The maximum Gasteiger partial charge on any atom is 0.248 e. The van der Waals surface area contributed by atoms with Crippen LogP contribution in [0.2, 0.25) is 0 Å². The van der Waals surface area contributed by atoms with Crippen LogP contribution in [0.5, 0.6) is 0 Å². The Labute approximate surface area is 73.5 Å². The zero-order valence-electron chi connectivity index (χ0n) is 8.14. The maximum absolute atomic E-state index is 11.0. The lowest BCUT2D eigenvalue weighted by Crippen LogP contribution is -2.43. The van der Waals surface area contributed by atoms with E-state index in [1.807, 2.05) is 20.8 Å². The molecule has 0 aliphatic heterocycles. The minimum absolute atomic E-state index is 0.308. The molecule has 0 heterocycles. The lowest BCUT2D eigenvalue weighted by atomic mass is 9.94. The third-order valence-electron chi connectivity index (χ3n) is 1.48. The smallest absolute Gasteiger partial charge is 0.248 e. The summed E-state index contributed by atoms with van der Waals surface area (Å²) in [5.41, 5.74) is 0.0591. The fourth-order valence-corrected chi connectivity index (χ4v) is 0.464. The van der Waals surface area contributed by atoms with E-state index in [0.717, 1.165) is 0 Å². The summed E-state index contributed by atoms with van der Waals surface area (Å²) in [4.78, 5) is 11.0. The highest BCUT2D eigenvalue weighted by Gasteiger charge is 2.23. The van der Waals surface area contributed by atoms with Gasteiger partial charge in [0, 0.05) is 11.0 Å². The van der Waals surface area contributed by atoms with Crippen molar-refractivity contribution in [2.45, 2.75) is 33.9 Å². The van der Waals surface area contributed by atoms with Crippen LogP contribution in [0.4, 0.5) is 0 Å². The van der Waals surface area contributed by atoms with Gasteiger partial charge in [0.1, 0.15) is 6.23 Å². The Morgan fingerprint density at radius 3 is 2.17 bits per heavy atom. The zero-order valence-corrected chi connectivity index (χ0v) is 8.14. The summed E-state index contributed by atoms with van der Waals surface area (Å²) >= 11 is 0. The molecule has 0 aliphatic carbocycles. The second-order valence-electron chi connectivity index (χ2n) is 4.02. The molecule has 3 heteroatoms. The van der Waals surface area contributed by atoms with E-state index >= 15 is 0 Å². The van der Waals surface area contributed by atoms with Crippen LogP contribution < -0.4 is 5.32 Å². The van der Waals surface area contributed by atoms with Crippen LogP contribution >= 0.6 is 0 Å². The molecule has 0 aromatic carbocycles. The highest BCUT2D eigenvalue weighted by molar-refractivity contribution is 5.92. The minimum atomic E-state index is -0.832. The predicted octanol–water partition coefficient (Wildman–Crippen LogP) is 1.04. The summed E-state index contributed by atoms with van der Waals surface area (Å²) in [7, 11) is 0. The Kier molecular flexibility index (Phi) is 3.46. The van der Waals surface area contributed by atoms with Crippen LogP contribution in [0.3, 0.4) is 0 Å². The number of nitrogens with one attached hydrogen (secondary N) is 1. The minimum Gasteiger partial charge on any atom is -0.373 e. The molecule has 12 heavy (non-hydrogen) atoms. The number of carbonyl (C=O) groups excluding carboxylic acids is 1. The van der Waals surface area contributed by atoms with Crippen LogP contribution in [-0.2, 0) is 4.79 Å². The molecule has 0 bridgehead atoms. The third kappa shape index (κ3) is 3.53. The van der Waals surface area contributed by atoms with E-state index in [9.17, 15) is 9.90 Å². The third-order valence-corrected chi connectivity index (χ3v) is 1.48. The standard InChI is InChI=1S/C9H17NO2/c1-6(2)7(11)10-8(12)9(3,4)5/h8,12H,1H2,2-5H3,(H,10,11). The first kappa shape index (κ1) is 11.2. The first-order chi connectivity index (χ1) is 5.25. The van der Waals surface area contributed by atoms with Crippen molar-refractivity contribution in [3.8, 4) is 0 Å². The molecule has 0 aliphatic rings. The zero-order chi connectivity index (χ0) is 9.94. The Hall–Kier alpha value is -0.830. The molecular formula is C9H17NO2. The Bertz CT molecular complexity index is 191. The quantitative estimate of drug-likeness (QED) is 0.482. The number of rotatable bonds is 2. The number of aliphatic hydroxyl groups excluding tert-OH is 1. The average molecular weight is 171 g/mol. The van der Waals surface area contributed by atoms with Gasteiger partial charge in [0.05, 0.1) is 0 Å². The summed E-state index contributed by atoms with van der Waals surface area (Å²) in [6.07, 6.45) is -0.832. The van der Waals surface area contributed by atoms with Gasteiger partial charge in [0.25, 0.3) is 0 Å². The van der Waals surface area contributed by atoms with E-state index in [2.05, 4.69) is 11.9 Å². The number of aliphatic hydroxyl groups is 1. The fourth-order valence-electron chi connectivity index (χ4n) is 0.464. The largest absolute Gasteiger partial charge is 0.373 e. The monoisotopic (exact) mass is 171 g/mol. The molecule has 1 atom stereocenters. The topological polar surface area (TPSA) is 49.3 Å². The molecule has 1 amide bonds. The summed E-state index contributed by atoms with van der Waals surface area (Å²) in [5, 5.41) is 11.9. The van der Waals surface area contributed by atoms with Gasteiger partial charge in [-0.1, -0.05) is 27.4 Å². The van der Waals surface area contributed by atoms with Crippen molar-refractivity contribution >= 4 is 5.91 Å². The van der Waals surface area contributed by atoms with Crippen molar-refractivity contribution in [2.75, 3.05) is 0 Å². The van der Waals surface area contributed by atoms with E-state index in [4.69, 9.17) is 0 Å². The molecule has 0 fully saturated rings. The van der Waals surface area contributed by atoms with E-state index in [0.29, 0.717) is 5.57 Å². The van der Waals surface area contributed by atoms with Crippen molar-refractivity contribution in [3.63, 3.8) is 0 Å². The van der Waals surface area contributed by atoms with Gasteiger partial charge in [-0.2, -0.15) is 0 Å². The lowest BCUT2D eigenvalue weighted by Gasteiger charge is -2.26. The summed E-state index contributed by atoms with van der Waals surface area (Å²) in [6.45, 7) is 10.6. The molecule has 70 valence electrons. The van der Waals surface area contributed by atoms with Gasteiger partial charge in [0.2, 0.25) is 5.91 Å². The number of hydrogen-bond donors (Lipinski definition) is 2. The van der Waals surface area contributed by atoms with Gasteiger partial charge >= 0.3 is 0 Å². The second kappa shape index (κ2) is 3.72. The van der Waals surface area contributed by atoms with Crippen LogP contribution in [0.15, 0.2) is 12.2 Å². The van der Waals surface area contributed by atoms with E-state index in [1.165, 1.54) is 0 Å². The van der Waals surface area contributed by atoms with Gasteiger partial charge in [-0.05, 0) is 6.92 Å². The van der Waals surface area contributed by atoms with Crippen LogP contribution in [0.25, 0.3) is 0 Å². The maximum atomic E-state index is 11.0. The van der Waals surface area contributed by atoms with E-state index in [-0.39, 0.29) is 11.3 Å². The molecule has 0 saturated carbocycles. The van der Waals surface area contributed by atoms with Crippen molar-refractivity contribution in [2.24, 2.45) is 5.41 Å².